The molecule has 42 heavy (non-hydrogen) atoms. The van der Waals surface area contributed by atoms with Crippen LogP contribution < -0.4 is 16.0 Å². The first-order chi connectivity index (χ1) is 19.8. The Kier molecular flexibility index (Phi) is 10.8. The zero-order valence-corrected chi connectivity index (χ0v) is 23.0. The van der Waals surface area contributed by atoms with Gasteiger partial charge in [0.1, 0.15) is 11.4 Å². The minimum Gasteiger partial charge on any atom is -0.386 e. The van der Waals surface area contributed by atoms with Gasteiger partial charge in [0, 0.05) is 19.2 Å². The molecule has 2 aromatic carbocycles. The van der Waals surface area contributed by atoms with Crippen molar-refractivity contribution < 1.29 is 37.1 Å². The predicted molar refractivity (Wildman–Crippen MR) is 149 cm³/mol. The molecule has 9 nitrogen and oxygen atoms in total. The van der Waals surface area contributed by atoms with Gasteiger partial charge in [0.15, 0.2) is 0 Å². The highest BCUT2D eigenvalue weighted by Gasteiger charge is 2.43. The molecule has 1 aromatic heterocycles. The molecule has 1 atom stereocenters. The van der Waals surface area contributed by atoms with Crippen molar-refractivity contribution in [1.29, 1.82) is 0 Å². The Morgan fingerprint density at radius 1 is 0.881 bits per heavy atom. The van der Waals surface area contributed by atoms with Gasteiger partial charge in [0.2, 0.25) is 11.8 Å². The van der Waals surface area contributed by atoms with E-state index in [0.717, 1.165) is 11.1 Å². The maximum Gasteiger partial charge on any atom is 0.491 e. The molecule has 222 valence electrons. The number of alkyl halides is 3. The summed E-state index contributed by atoms with van der Waals surface area (Å²) in [5.41, 5.74) is 0.657. The Morgan fingerprint density at radius 2 is 1.52 bits per heavy atom. The highest BCUT2D eigenvalue weighted by Crippen LogP contribution is 2.25. The molecule has 2 amide bonds. The molecule has 3 N–H and O–H groups in total. The van der Waals surface area contributed by atoms with Crippen molar-refractivity contribution in [3.63, 3.8) is 0 Å². The summed E-state index contributed by atoms with van der Waals surface area (Å²) in [5, 5.41) is 8.31. The number of esters is 2. The Hall–Kier alpha value is -4.74. The second-order valence-corrected chi connectivity index (χ2v) is 9.90. The average molecular weight is 585 g/mol. The number of pyridine rings is 1. The second-order valence-electron chi connectivity index (χ2n) is 9.90. The molecule has 0 aliphatic heterocycles. The van der Waals surface area contributed by atoms with Gasteiger partial charge in [0.25, 0.3) is 0 Å². The van der Waals surface area contributed by atoms with E-state index in [4.69, 9.17) is 0 Å². The zero-order chi connectivity index (χ0) is 30.8. The summed E-state index contributed by atoms with van der Waals surface area (Å²) < 4.78 is 41.8. The monoisotopic (exact) mass is 584 g/mol. The van der Waals surface area contributed by atoms with Crippen LogP contribution in [0.15, 0.2) is 79.0 Å². The third-order valence-corrected chi connectivity index (χ3v) is 6.11. The van der Waals surface area contributed by atoms with Gasteiger partial charge in [-0.15, -0.1) is 0 Å². The molecule has 0 aliphatic carbocycles. The Labute approximate surface area is 240 Å². The third kappa shape index (κ3) is 9.72. The number of aromatic nitrogens is 1. The number of amides is 2. The van der Waals surface area contributed by atoms with Crippen molar-refractivity contribution in [2.45, 2.75) is 50.9 Å². The second kappa shape index (κ2) is 14.2. The summed E-state index contributed by atoms with van der Waals surface area (Å²) in [6.07, 6.45) is -3.93. The minimum atomic E-state index is -5.36. The number of nitrogens with zero attached hydrogens (tertiary/aromatic N) is 1. The van der Waals surface area contributed by atoms with E-state index in [-0.39, 0.29) is 6.42 Å². The van der Waals surface area contributed by atoms with Gasteiger partial charge in [-0.25, -0.2) is 9.78 Å². The first-order valence-corrected chi connectivity index (χ1v) is 13.1. The molecule has 0 aliphatic rings. The number of carbonyl (C=O) groups is 4. The summed E-state index contributed by atoms with van der Waals surface area (Å²) >= 11 is 0. The van der Waals surface area contributed by atoms with Gasteiger partial charge in [-0.2, -0.15) is 13.2 Å². The van der Waals surface area contributed by atoms with E-state index >= 15 is 0 Å². The number of halogens is 3. The maximum absolute atomic E-state index is 13.2. The van der Waals surface area contributed by atoms with Crippen LogP contribution in [0.2, 0.25) is 0 Å². The van der Waals surface area contributed by atoms with E-state index in [1.54, 1.807) is 42.6 Å². The van der Waals surface area contributed by atoms with Gasteiger partial charge in [-0.05, 0) is 49.1 Å². The molecule has 0 fully saturated rings. The number of nitrogens with one attached hydrogen (secondary N) is 3. The first kappa shape index (κ1) is 31.8. The van der Waals surface area contributed by atoms with Crippen molar-refractivity contribution in [2.24, 2.45) is 0 Å². The molecule has 12 heteroatoms. The van der Waals surface area contributed by atoms with E-state index < -0.39 is 47.9 Å². The number of carbonyl (C=O) groups excluding carboxylic acids is 4. The number of rotatable bonds is 12. The molecule has 0 radical (unpaired) electrons. The lowest BCUT2D eigenvalue weighted by Crippen LogP contribution is -2.55. The summed E-state index contributed by atoms with van der Waals surface area (Å²) in [6, 6.07) is 20.2. The molecular formula is C30H31F3N4O5. The largest absolute Gasteiger partial charge is 0.491 e. The summed E-state index contributed by atoms with van der Waals surface area (Å²) in [5.74, 6) is -4.57. The number of hydrogen-bond donors (Lipinski definition) is 3. The van der Waals surface area contributed by atoms with Crippen LogP contribution in [0.4, 0.5) is 19.0 Å². The van der Waals surface area contributed by atoms with Gasteiger partial charge in [-0.3, -0.25) is 14.4 Å². The van der Waals surface area contributed by atoms with Crippen molar-refractivity contribution in [3.8, 4) is 11.1 Å². The van der Waals surface area contributed by atoms with Crippen LogP contribution in [0.25, 0.3) is 11.1 Å². The van der Waals surface area contributed by atoms with Crippen LogP contribution in [0, 0.1) is 0 Å². The molecule has 0 saturated heterocycles. The van der Waals surface area contributed by atoms with E-state index in [0.29, 0.717) is 24.3 Å². The van der Waals surface area contributed by atoms with Gasteiger partial charge < -0.3 is 20.7 Å². The van der Waals surface area contributed by atoms with E-state index in [2.05, 4.69) is 25.7 Å². The molecule has 0 spiro atoms. The fourth-order valence-corrected chi connectivity index (χ4v) is 3.90. The highest BCUT2D eigenvalue weighted by atomic mass is 19.4. The highest BCUT2D eigenvalue weighted by molar-refractivity contribution is 5.92. The van der Waals surface area contributed by atoms with Crippen LogP contribution in [-0.4, -0.2) is 47.0 Å². The fourth-order valence-electron chi connectivity index (χ4n) is 3.90. The molecule has 0 saturated carbocycles. The zero-order valence-electron chi connectivity index (χ0n) is 23.0. The summed E-state index contributed by atoms with van der Waals surface area (Å²) in [4.78, 5) is 53.3. The quantitative estimate of drug-likeness (QED) is 0.160. The van der Waals surface area contributed by atoms with Crippen molar-refractivity contribution in [3.05, 3.63) is 84.6 Å². The van der Waals surface area contributed by atoms with Gasteiger partial charge in [-0.1, -0.05) is 60.7 Å². The van der Waals surface area contributed by atoms with Crippen LogP contribution in [0.5, 0.6) is 0 Å². The van der Waals surface area contributed by atoms with E-state index in [1.807, 2.05) is 36.4 Å². The Morgan fingerprint density at radius 3 is 2.14 bits per heavy atom. The SMILES string of the molecule is CC(C)(NC(=O)CCCNc1ccccn1)C(=O)NC(CC(=O)OC(=O)C(F)(F)F)c1ccc(-c2ccccc2)cc1. The standard InChI is InChI=1S/C30H31F3N4O5/c1-29(2,37-25(38)12-8-18-35-24-11-6-7-17-34-24)27(40)36-23(19-26(39)42-28(41)30(31,32)33)22-15-13-21(14-16-22)20-9-4-3-5-10-20/h3-7,9-11,13-17,23H,8,12,18-19H2,1-2H3,(H,34,35)(H,36,40)(H,37,38). The lowest BCUT2D eigenvalue weighted by molar-refractivity contribution is -0.202. The number of anilines is 1. The topological polar surface area (TPSA) is 126 Å². The van der Waals surface area contributed by atoms with Crippen LogP contribution in [0.1, 0.15) is 44.7 Å². The molecule has 1 heterocycles. The van der Waals surface area contributed by atoms with Crippen molar-refractivity contribution >= 4 is 29.6 Å². The molecule has 3 aromatic rings. The van der Waals surface area contributed by atoms with Crippen LogP contribution in [0.3, 0.4) is 0 Å². The minimum absolute atomic E-state index is 0.104. The lowest BCUT2D eigenvalue weighted by atomic mass is 9.97. The van der Waals surface area contributed by atoms with Crippen molar-refractivity contribution in [2.75, 3.05) is 11.9 Å². The number of ether oxygens (including phenoxy) is 1. The first-order valence-electron chi connectivity index (χ1n) is 13.1. The fraction of sp³-hybridized carbons (Fsp3) is 0.300. The molecule has 3 rings (SSSR count). The van der Waals surface area contributed by atoms with Crippen LogP contribution >= 0.6 is 0 Å². The van der Waals surface area contributed by atoms with Gasteiger partial charge in [0.05, 0.1) is 12.5 Å². The smallest absolute Gasteiger partial charge is 0.386 e. The maximum atomic E-state index is 13.2. The predicted octanol–water partition coefficient (Wildman–Crippen LogP) is 4.72. The lowest BCUT2D eigenvalue weighted by Gasteiger charge is -2.28. The van der Waals surface area contributed by atoms with E-state index in [9.17, 15) is 32.3 Å². The third-order valence-electron chi connectivity index (χ3n) is 6.11. The normalized spacial score (nSPS) is 12.1. The Balaban J connectivity index is 1.66. The summed E-state index contributed by atoms with van der Waals surface area (Å²) in [6.45, 7) is 3.37. The van der Waals surface area contributed by atoms with Crippen LogP contribution in [-0.2, 0) is 23.9 Å². The molecule has 0 bridgehead atoms. The number of benzene rings is 2. The summed E-state index contributed by atoms with van der Waals surface area (Å²) in [7, 11) is 0. The van der Waals surface area contributed by atoms with E-state index in [1.165, 1.54) is 13.8 Å². The number of hydrogen-bond acceptors (Lipinski definition) is 7. The Bertz CT molecular complexity index is 1370. The molecule has 1 unspecified atom stereocenters. The van der Waals surface area contributed by atoms with Gasteiger partial charge >= 0.3 is 18.1 Å². The molecular weight excluding hydrogens is 553 g/mol. The average Bonchev–Trinajstić information content (AvgIpc) is 2.95. The van der Waals surface area contributed by atoms with Crippen molar-refractivity contribution in [1.82, 2.24) is 15.6 Å².